The van der Waals surface area contributed by atoms with Crippen LogP contribution in [0.25, 0.3) is 0 Å². The van der Waals surface area contributed by atoms with Crippen molar-refractivity contribution in [2.75, 3.05) is 6.54 Å². The third-order valence-electron chi connectivity index (χ3n) is 7.45. The first-order valence-electron chi connectivity index (χ1n) is 14.8. The highest BCUT2D eigenvalue weighted by molar-refractivity contribution is 5.98. The summed E-state index contributed by atoms with van der Waals surface area (Å²) in [5.41, 5.74) is 0.471. The minimum atomic E-state index is -1.05. The monoisotopic (exact) mass is 607 g/mol. The topological polar surface area (TPSA) is 180 Å². The van der Waals surface area contributed by atoms with E-state index >= 15 is 0 Å². The largest absolute Gasteiger partial charge is 0.347 e. The first kappa shape index (κ1) is 33.8. The zero-order chi connectivity index (χ0) is 32.4. The second-order valence-electron chi connectivity index (χ2n) is 11.5. The number of nitrogens with one attached hydrogen (secondary N) is 4. The van der Waals surface area contributed by atoms with Gasteiger partial charge in [0.15, 0.2) is 0 Å². The van der Waals surface area contributed by atoms with Crippen molar-refractivity contribution < 1.29 is 28.8 Å². The quantitative estimate of drug-likeness (QED) is 0.242. The summed E-state index contributed by atoms with van der Waals surface area (Å²) in [5.74, 6) is -3.30. The lowest BCUT2D eigenvalue weighted by atomic mass is 9.98. The number of aldehydes is 1. The molecule has 1 fully saturated rings. The van der Waals surface area contributed by atoms with Crippen molar-refractivity contribution in [3.05, 3.63) is 60.2 Å². The molecule has 1 aliphatic rings. The molecular weight excluding hydrogens is 566 g/mol. The lowest BCUT2D eigenvalue weighted by Gasteiger charge is -2.32. The van der Waals surface area contributed by atoms with Gasteiger partial charge < -0.3 is 31.0 Å². The van der Waals surface area contributed by atoms with Gasteiger partial charge in [0.1, 0.15) is 30.1 Å². The average Bonchev–Trinajstić information content (AvgIpc) is 3.45. The summed E-state index contributed by atoms with van der Waals surface area (Å²) in [5, 5.41) is 11.0. The summed E-state index contributed by atoms with van der Waals surface area (Å²) < 4.78 is 0. The van der Waals surface area contributed by atoms with Crippen LogP contribution >= 0.6 is 0 Å². The van der Waals surface area contributed by atoms with E-state index in [9.17, 15) is 28.8 Å². The number of nitrogens with zero attached hydrogens (tertiary/aromatic N) is 3. The molecule has 0 aliphatic carbocycles. The Morgan fingerprint density at radius 3 is 2.18 bits per heavy atom. The number of aromatic nitrogens is 2. The molecule has 2 heterocycles. The molecule has 1 aromatic heterocycles. The highest BCUT2D eigenvalue weighted by Gasteiger charge is 2.44. The molecule has 0 bridgehead atoms. The molecule has 236 valence electrons. The number of carbonyl (C=O) groups excluding carboxylic acids is 6. The molecule has 0 saturated carbocycles. The van der Waals surface area contributed by atoms with Crippen LogP contribution in [0.1, 0.15) is 68.3 Å². The van der Waals surface area contributed by atoms with E-state index in [0.717, 1.165) is 0 Å². The number of hydrogen-bond donors (Lipinski definition) is 4. The van der Waals surface area contributed by atoms with Crippen LogP contribution in [0.4, 0.5) is 0 Å². The molecule has 1 aromatic carbocycles. The van der Waals surface area contributed by atoms with Gasteiger partial charge in [0, 0.05) is 30.5 Å². The van der Waals surface area contributed by atoms with Crippen molar-refractivity contribution in [1.29, 1.82) is 0 Å². The minimum Gasteiger partial charge on any atom is -0.347 e. The second-order valence-corrected chi connectivity index (χ2v) is 11.5. The number of likely N-dealkylation sites (tertiary alicyclic amines) is 1. The van der Waals surface area contributed by atoms with E-state index in [1.54, 1.807) is 65.0 Å². The van der Waals surface area contributed by atoms with E-state index < -0.39 is 59.8 Å². The highest BCUT2D eigenvalue weighted by atomic mass is 16.2. The molecule has 44 heavy (non-hydrogen) atoms. The van der Waals surface area contributed by atoms with Crippen molar-refractivity contribution in [3.8, 4) is 0 Å². The zero-order valence-corrected chi connectivity index (χ0v) is 25.7. The smallest absolute Gasteiger partial charge is 0.272 e. The molecule has 13 nitrogen and oxygen atoms in total. The molecular formula is C31H41N7O6. The number of hydrogen-bond acceptors (Lipinski definition) is 8. The highest BCUT2D eigenvalue weighted by Crippen LogP contribution is 2.22. The van der Waals surface area contributed by atoms with E-state index in [-0.39, 0.29) is 30.5 Å². The van der Waals surface area contributed by atoms with Crippen LogP contribution in [0.15, 0.2) is 48.9 Å². The van der Waals surface area contributed by atoms with Gasteiger partial charge in [0.25, 0.3) is 11.8 Å². The van der Waals surface area contributed by atoms with E-state index in [1.807, 2.05) is 0 Å². The summed E-state index contributed by atoms with van der Waals surface area (Å²) in [6.07, 6.45) is 5.19. The number of carbonyl (C=O) groups is 6. The molecule has 1 aliphatic heterocycles. The number of amides is 5. The van der Waals surface area contributed by atoms with Crippen LogP contribution in [0, 0.1) is 11.8 Å². The number of rotatable bonds is 13. The summed E-state index contributed by atoms with van der Waals surface area (Å²) in [6.45, 7) is 8.79. The van der Waals surface area contributed by atoms with Crippen molar-refractivity contribution in [1.82, 2.24) is 36.1 Å². The Morgan fingerprint density at radius 2 is 1.61 bits per heavy atom. The van der Waals surface area contributed by atoms with Gasteiger partial charge in [0.2, 0.25) is 17.7 Å². The Morgan fingerprint density at radius 1 is 0.932 bits per heavy atom. The maximum Gasteiger partial charge on any atom is 0.272 e. The first-order chi connectivity index (χ1) is 21.0. The summed E-state index contributed by atoms with van der Waals surface area (Å²) in [6, 6.07) is 4.24. The minimum absolute atomic E-state index is 0.0173. The lowest BCUT2D eigenvalue weighted by molar-refractivity contribution is -0.143. The third-order valence-corrected chi connectivity index (χ3v) is 7.45. The van der Waals surface area contributed by atoms with Crippen LogP contribution in [0.3, 0.4) is 0 Å². The van der Waals surface area contributed by atoms with E-state index in [4.69, 9.17) is 0 Å². The van der Waals surface area contributed by atoms with E-state index in [0.29, 0.717) is 18.3 Å². The maximum atomic E-state index is 14.0. The van der Waals surface area contributed by atoms with E-state index in [2.05, 4.69) is 31.2 Å². The summed E-state index contributed by atoms with van der Waals surface area (Å²) in [7, 11) is 0. The molecule has 13 heteroatoms. The fourth-order valence-electron chi connectivity index (χ4n) is 4.90. The Balaban J connectivity index is 1.82. The maximum absolute atomic E-state index is 14.0. The van der Waals surface area contributed by atoms with Gasteiger partial charge in [-0.2, -0.15) is 0 Å². The molecule has 5 amide bonds. The molecule has 5 atom stereocenters. The first-order valence-corrected chi connectivity index (χ1v) is 14.8. The SMILES string of the molecule is CC[C@@H](C=O)NC(=O)[C@@H]1C[C@@H](NC(=O)c2ccccc2)CN1C(=O)[C@@H](NC(=O)[C@@H](NC(=O)c1cnccn1)C(C)C)C(C)C. The van der Waals surface area contributed by atoms with Crippen molar-refractivity contribution in [3.63, 3.8) is 0 Å². The van der Waals surface area contributed by atoms with Crippen LogP contribution in [0.5, 0.6) is 0 Å². The zero-order valence-electron chi connectivity index (χ0n) is 25.7. The van der Waals surface area contributed by atoms with Gasteiger partial charge in [0.05, 0.1) is 12.2 Å². The Bertz CT molecular complexity index is 1320. The predicted molar refractivity (Wildman–Crippen MR) is 161 cm³/mol. The van der Waals surface area contributed by atoms with Gasteiger partial charge in [-0.1, -0.05) is 52.8 Å². The van der Waals surface area contributed by atoms with Gasteiger partial charge in [-0.3, -0.25) is 29.0 Å². The lowest BCUT2D eigenvalue weighted by Crippen LogP contribution is -2.59. The standard InChI is InChI=1S/C31H41N7O6/c1-6-21(17-39)34-29(42)24-14-22(35-27(40)20-10-8-7-9-11-20)16-38(24)31(44)26(19(4)5)37-30(43)25(18(2)3)36-28(41)23-15-32-12-13-33-23/h7-13,15,17-19,21-22,24-26H,6,14,16H2,1-5H3,(H,34,42)(H,35,40)(H,36,41)(H,37,43)/t21-,22+,24-,25-,26-/m0/s1. The molecule has 1 saturated heterocycles. The average molecular weight is 608 g/mol. The molecule has 0 radical (unpaired) electrons. The van der Waals surface area contributed by atoms with Crippen molar-refractivity contribution >= 4 is 35.8 Å². The summed E-state index contributed by atoms with van der Waals surface area (Å²) in [4.78, 5) is 87.1. The van der Waals surface area contributed by atoms with Crippen LogP contribution in [0.2, 0.25) is 0 Å². The van der Waals surface area contributed by atoms with Crippen LogP contribution < -0.4 is 21.3 Å². The van der Waals surface area contributed by atoms with Crippen molar-refractivity contribution in [2.24, 2.45) is 11.8 Å². The van der Waals surface area contributed by atoms with Crippen LogP contribution in [-0.4, -0.2) is 87.4 Å². The molecule has 3 rings (SSSR count). The van der Waals surface area contributed by atoms with Crippen molar-refractivity contribution in [2.45, 2.75) is 77.7 Å². The van der Waals surface area contributed by atoms with Gasteiger partial charge in [-0.15, -0.1) is 0 Å². The predicted octanol–water partition coefficient (Wildman–Crippen LogP) is 0.865. The fraction of sp³-hybridized carbons (Fsp3) is 0.484. The van der Waals surface area contributed by atoms with Gasteiger partial charge in [-0.25, -0.2) is 4.98 Å². The van der Waals surface area contributed by atoms with Gasteiger partial charge in [-0.05, 0) is 36.8 Å². The fourth-order valence-corrected chi connectivity index (χ4v) is 4.90. The Hall–Kier alpha value is -4.68. The Kier molecular flexibility index (Phi) is 12.1. The van der Waals surface area contributed by atoms with Crippen LogP contribution in [-0.2, 0) is 19.2 Å². The normalized spacial score (nSPS) is 18.2. The molecule has 0 spiro atoms. The van der Waals surface area contributed by atoms with E-state index in [1.165, 1.54) is 23.5 Å². The summed E-state index contributed by atoms with van der Waals surface area (Å²) >= 11 is 0. The molecule has 0 unspecified atom stereocenters. The second kappa shape index (κ2) is 15.7. The Labute approximate surface area is 257 Å². The molecule has 4 N–H and O–H groups in total. The third kappa shape index (κ3) is 8.68. The number of benzene rings is 1. The molecule has 2 aromatic rings. The van der Waals surface area contributed by atoms with Gasteiger partial charge >= 0.3 is 0 Å².